The van der Waals surface area contributed by atoms with Crippen LogP contribution in [-0.4, -0.2) is 79.4 Å². The van der Waals surface area contributed by atoms with Crippen molar-refractivity contribution in [3.05, 3.63) is 65.7 Å². The highest BCUT2D eigenvalue weighted by atomic mass is 16.7. The van der Waals surface area contributed by atoms with E-state index in [0.717, 1.165) is 30.0 Å². The highest BCUT2D eigenvalue weighted by molar-refractivity contribution is 5.87. The van der Waals surface area contributed by atoms with Crippen LogP contribution in [0.2, 0.25) is 0 Å². The van der Waals surface area contributed by atoms with Crippen molar-refractivity contribution >= 4 is 11.9 Å². The summed E-state index contributed by atoms with van der Waals surface area (Å²) >= 11 is 0. The van der Waals surface area contributed by atoms with E-state index in [1.807, 2.05) is 75.5 Å². The van der Waals surface area contributed by atoms with Crippen molar-refractivity contribution < 1.29 is 19.1 Å². The van der Waals surface area contributed by atoms with Gasteiger partial charge in [0.05, 0.1) is 12.1 Å². The second kappa shape index (κ2) is 11.6. The Morgan fingerprint density at radius 2 is 1.71 bits per heavy atom. The molecule has 3 atom stereocenters. The van der Waals surface area contributed by atoms with E-state index in [1.54, 1.807) is 4.90 Å². The summed E-state index contributed by atoms with van der Waals surface area (Å²) in [6.07, 6.45) is 0.303. The molecule has 4 rings (SSSR count). The number of benzene rings is 2. The summed E-state index contributed by atoms with van der Waals surface area (Å²) in [5.74, 6) is 0.523. The topological polar surface area (TPSA) is 83.1 Å². The fourth-order valence-corrected chi connectivity index (χ4v) is 4.43. The van der Waals surface area contributed by atoms with E-state index >= 15 is 0 Å². The SMILES string of the molecule is CC(C)OC1Oc2ccccc2C[C@@H]1NC(=O)[C@H](Cc1ccccc1)NC(=O)N1CCN(C)CC1. The average Bonchev–Trinajstić information content (AvgIpc) is 2.84. The van der Waals surface area contributed by atoms with E-state index in [4.69, 9.17) is 9.47 Å². The Balaban J connectivity index is 1.49. The summed E-state index contributed by atoms with van der Waals surface area (Å²) in [7, 11) is 2.04. The monoisotopic (exact) mass is 480 g/mol. The zero-order chi connectivity index (χ0) is 24.8. The quantitative estimate of drug-likeness (QED) is 0.636. The molecule has 1 unspecified atom stereocenters. The van der Waals surface area contributed by atoms with E-state index in [-0.39, 0.29) is 24.1 Å². The zero-order valence-electron chi connectivity index (χ0n) is 20.8. The highest BCUT2D eigenvalue weighted by Gasteiger charge is 2.35. The number of hydrogen-bond donors (Lipinski definition) is 2. The van der Waals surface area contributed by atoms with E-state index in [9.17, 15) is 9.59 Å². The van der Waals surface area contributed by atoms with Gasteiger partial charge in [-0.05, 0) is 38.1 Å². The van der Waals surface area contributed by atoms with Crippen LogP contribution in [0.3, 0.4) is 0 Å². The summed E-state index contributed by atoms with van der Waals surface area (Å²) in [5.41, 5.74) is 1.99. The summed E-state index contributed by atoms with van der Waals surface area (Å²) in [6, 6.07) is 16.2. The lowest BCUT2D eigenvalue weighted by atomic mass is 10.00. The van der Waals surface area contributed by atoms with Gasteiger partial charge in [-0.25, -0.2) is 4.79 Å². The van der Waals surface area contributed by atoms with E-state index in [0.29, 0.717) is 25.9 Å². The molecule has 2 aromatic carbocycles. The normalized spacial score (nSPS) is 21.1. The molecule has 2 aromatic rings. The molecule has 0 bridgehead atoms. The first-order valence-electron chi connectivity index (χ1n) is 12.4. The second-order valence-electron chi connectivity index (χ2n) is 9.58. The minimum atomic E-state index is -0.721. The molecule has 8 heteroatoms. The number of urea groups is 1. The molecule has 1 saturated heterocycles. The molecule has 188 valence electrons. The maximum atomic E-state index is 13.6. The summed E-state index contributed by atoms with van der Waals surface area (Å²) in [5, 5.41) is 6.11. The number of ether oxygens (including phenoxy) is 2. The smallest absolute Gasteiger partial charge is 0.318 e. The van der Waals surface area contributed by atoms with Crippen LogP contribution in [0.4, 0.5) is 4.79 Å². The number of likely N-dealkylation sites (N-methyl/N-ethyl adjacent to an activating group) is 1. The van der Waals surface area contributed by atoms with Crippen molar-refractivity contribution in [3.63, 3.8) is 0 Å². The maximum absolute atomic E-state index is 13.6. The lowest BCUT2D eigenvalue weighted by molar-refractivity contribution is -0.144. The predicted molar refractivity (Wildman–Crippen MR) is 134 cm³/mol. The lowest BCUT2D eigenvalue weighted by Gasteiger charge is -2.36. The first-order valence-corrected chi connectivity index (χ1v) is 12.4. The van der Waals surface area contributed by atoms with Crippen molar-refractivity contribution in [1.29, 1.82) is 0 Å². The van der Waals surface area contributed by atoms with Crippen LogP contribution >= 0.6 is 0 Å². The molecule has 35 heavy (non-hydrogen) atoms. The third kappa shape index (κ3) is 6.74. The molecular weight excluding hydrogens is 444 g/mol. The number of para-hydroxylation sites is 1. The van der Waals surface area contributed by atoms with Crippen LogP contribution in [-0.2, 0) is 22.4 Å². The van der Waals surface area contributed by atoms with Gasteiger partial charge in [0.2, 0.25) is 12.2 Å². The Morgan fingerprint density at radius 1 is 1.03 bits per heavy atom. The van der Waals surface area contributed by atoms with Gasteiger partial charge in [-0.2, -0.15) is 0 Å². The molecule has 2 heterocycles. The van der Waals surface area contributed by atoms with Crippen LogP contribution in [0.5, 0.6) is 5.75 Å². The molecule has 3 amide bonds. The summed E-state index contributed by atoms with van der Waals surface area (Å²) < 4.78 is 12.1. The minimum Gasteiger partial charge on any atom is -0.462 e. The lowest BCUT2D eigenvalue weighted by Crippen LogP contribution is -2.59. The van der Waals surface area contributed by atoms with Crippen molar-refractivity contribution in [3.8, 4) is 5.75 Å². The second-order valence-corrected chi connectivity index (χ2v) is 9.58. The van der Waals surface area contributed by atoms with E-state index in [2.05, 4.69) is 15.5 Å². The van der Waals surface area contributed by atoms with Crippen LogP contribution in [0.1, 0.15) is 25.0 Å². The largest absolute Gasteiger partial charge is 0.462 e. The highest BCUT2D eigenvalue weighted by Crippen LogP contribution is 2.28. The third-order valence-electron chi connectivity index (χ3n) is 6.41. The fraction of sp³-hybridized carbons (Fsp3) is 0.481. The van der Waals surface area contributed by atoms with Gasteiger partial charge in [-0.3, -0.25) is 4.79 Å². The van der Waals surface area contributed by atoms with Crippen molar-refractivity contribution in [1.82, 2.24) is 20.4 Å². The van der Waals surface area contributed by atoms with Crippen LogP contribution in [0.25, 0.3) is 0 Å². The number of hydrogen-bond acceptors (Lipinski definition) is 5. The molecule has 0 spiro atoms. The Bertz CT molecular complexity index is 992. The standard InChI is InChI=1S/C27H36N4O4/c1-19(2)34-26-23(18-21-11-7-8-12-24(21)35-26)28-25(32)22(17-20-9-5-4-6-10-20)29-27(33)31-15-13-30(3)14-16-31/h4-12,19,22-23,26H,13-18H2,1-3H3,(H,28,32)(H,29,33)/t22-,23-,26?/m0/s1. The van der Waals surface area contributed by atoms with Crippen LogP contribution < -0.4 is 15.4 Å². The van der Waals surface area contributed by atoms with E-state index < -0.39 is 12.3 Å². The number of amides is 3. The van der Waals surface area contributed by atoms with Gasteiger partial charge in [0, 0.05) is 39.0 Å². The van der Waals surface area contributed by atoms with Crippen molar-refractivity contribution in [2.24, 2.45) is 0 Å². The molecule has 0 aromatic heterocycles. The predicted octanol–water partition coefficient (Wildman–Crippen LogP) is 2.43. The van der Waals surface area contributed by atoms with Gasteiger partial charge in [0.1, 0.15) is 11.8 Å². The Labute approximate surface area is 207 Å². The van der Waals surface area contributed by atoms with Gasteiger partial charge < -0.3 is 29.9 Å². The molecule has 2 aliphatic rings. The van der Waals surface area contributed by atoms with Crippen molar-refractivity contribution in [2.45, 2.75) is 51.2 Å². The van der Waals surface area contributed by atoms with Crippen LogP contribution in [0, 0.1) is 0 Å². The maximum Gasteiger partial charge on any atom is 0.318 e. The fourth-order valence-electron chi connectivity index (χ4n) is 4.43. The van der Waals surface area contributed by atoms with Crippen LogP contribution in [0.15, 0.2) is 54.6 Å². The van der Waals surface area contributed by atoms with Gasteiger partial charge >= 0.3 is 6.03 Å². The van der Waals surface area contributed by atoms with Gasteiger partial charge in [0.15, 0.2) is 0 Å². The molecule has 2 N–H and O–H groups in total. The molecule has 8 nitrogen and oxygen atoms in total. The minimum absolute atomic E-state index is 0.0679. The Morgan fingerprint density at radius 3 is 2.43 bits per heavy atom. The van der Waals surface area contributed by atoms with Gasteiger partial charge in [-0.1, -0.05) is 48.5 Å². The number of fused-ring (bicyclic) bond motifs is 1. The molecular formula is C27H36N4O4. The van der Waals surface area contributed by atoms with Crippen molar-refractivity contribution in [2.75, 3.05) is 33.2 Å². The number of nitrogens with zero attached hydrogens (tertiary/aromatic N) is 2. The average molecular weight is 481 g/mol. The summed E-state index contributed by atoms with van der Waals surface area (Å²) in [6.45, 7) is 6.79. The molecule has 0 saturated carbocycles. The molecule has 1 fully saturated rings. The number of carbonyl (C=O) groups excluding carboxylic acids is 2. The third-order valence-corrected chi connectivity index (χ3v) is 6.41. The summed E-state index contributed by atoms with van der Waals surface area (Å²) in [4.78, 5) is 30.6. The van der Waals surface area contributed by atoms with E-state index in [1.165, 1.54) is 0 Å². The Kier molecular flexibility index (Phi) is 8.25. The molecule has 2 aliphatic heterocycles. The number of nitrogens with one attached hydrogen (secondary N) is 2. The number of piperazine rings is 1. The van der Waals surface area contributed by atoms with Gasteiger partial charge in [-0.15, -0.1) is 0 Å². The molecule has 0 radical (unpaired) electrons. The first-order chi connectivity index (χ1) is 16.9. The molecule has 0 aliphatic carbocycles. The number of carbonyl (C=O) groups is 2. The zero-order valence-corrected chi connectivity index (χ0v) is 20.8. The van der Waals surface area contributed by atoms with Gasteiger partial charge in [0.25, 0.3) is 0 Å². The first kappa shape index (κ1) is 25.0. The Hall–Kier alpha value is -3.10. The number of rotatable bonds is 7.